The minimum atomic E-state index is -1.01. The van der Waals surface area contributed by atoms with Gasteiger partial charge in [-0.1, -0.05) is 36.8 Å². The van der Waals surface area contributed by atoms with Crippen LogP contribution in [0.4, 0.5) is 0 Å². The molecule has 2 aliphatic rings. The van der Waals surface area contributed by atoms with Crippen LogP contribution >= 0.6 is 0 Å². The molecule has 4 heteroatoms. The van der Waals surface area contributed by atoms with E-state index in [1.54, 1.807) is 24.3 Å². The molecule has 4 nitrogen and oxygen atoms in total. The van der Waals surface area contributed by atoms with Gasteiger partial charge in [0.1, 0.15) is 0 Å². The van der Waals surface area contributed by atoms with Crippen LogP contribution < -0.4 is 5.32 Å². The Morgan fingerprint density at radius 2 is 1.79 bits per heavy atom. The molecule has 1 amide bonds. The Morgan fingerprint density at radius 3 is 2.37 bits per heavy atom. The Kier molecular flexibility index (Phi) is 3.01. The monoisotopic (exact) mass is 259 g/mol. The Hall–Kier alpha value is -1.84. The van der Waals surface area contributed by atoms with E-state index in [1.165, 1.54) is 6.42 Å². The molecule has 2 N–H and O–H groups in total. The SMILES string of the molecule is O=C(N[C@H](C(=O)O)c1ccccc1)C1C2CCCC21. The molecule has 2 unspecified atom stereocenters. The molecular weight excluding hydrogens is 242 g/mol. The van der Waals surface area contributed by atoms with Crippen LogP contribution in [0, 0.1) is 17.8 Å². The van der Waals surface area contributed by atoms with Crippen molar-refractivity contribution in [3.05, 3.63) is 35.9 Å². The van der Waals surface area contributed by atoms with Gasteiger partial charge in [-0.2, -0.15) is 0 Å². The van der Waals surface area contributed by atoms with Crippen LogP contribution in [0.5, 0.6) is 0 Å². The molecule has 0 spiro atoms. The maximum absolute atomic E-state index is 12.1. The maximum Gasteiger partial charge on any atom is 0.330 e. The lowest BCUT2D eigenvalue weighted by molar-refractivity contribution is -0.142. The highest BCUT2D eigenvalue weighted by Crippen LogP contribution is 2.57. The molecule has 2 saturated carbocycles. The summed E-state index contributed by atoms with van der Waals surface area (Å²) in [6.45, 7) is 0. The minimum Gasteiger partial charge on any atom is -0.479 e. The van der Waals surface area contributed by atoms with E-state index >= 15 is 0 Å². The maximum atomic E-state index is 12.1. The zero-order chi connectivity index (χ0) is 13.4. The number of nitrogens with one attached hydrogen (secondary N) is 1. The summed E-state index contributed by atoms with van der Waals surface area (Å²) in [6, 6.07) is 7.91. The minimum absolute atomic E-state index is 0.0549. The first-order chi connectivity index (χ1) is 9.18. The Balaban J connectivity index is 1.69. The van der Waals surface area contributed by atoms with E-state index in [2.05, 4.69) is 5.32 Å². The number of carboxylic acid groups (broad SMARTS) is 1. The average molecular weight is 259 g/mol. The number of aliphatic carboxylic acids is 1. The van der Waals surface area contributed by atoms with Crippen LogP contribution in [-0.4, -0.2) is 17.0 Å². The fraction of sp³-hybridized carbons (Fsp3) is 0.467. The summed E-state index contributed by atoms with van der Waals surface area (Å²) < 4.78 is 0. The third-order valence-corrected chi connectivity index (χ3v) is 4.38. The van der Waals surface area contributed by atoms with Crippen molar-refractivity contribution in [2.45, 2.75) is 25.3 Å². The number of amides is 1. The van der Waals surface area contributed by atoms with Crippen LogP contribution in [0.3, 0.4) is 0 Å². The highest BCUT2D eigenvalue weighted by molar-refractivity contribution is 5.88. The van der Waals surface area contributed by atoms with E-state index in [4.69, 9.17) is 0 Å². The smallest absolute Gasteiger partial charge is 0.330 e. The van der Waals surface area contributed by atoms with E-state index in [9.17, 15) is 14.7 Å². The summed E-state index contributed by atoms with van der Waals surface area (Å²) >= 11 is 0. The number of rotatable bonds is 4. The van der Waals surface area contributed by atoms with Crippen LogP contribution in [0.25, 0.3) is 0 Å². The Morgan fingerprint density at radius 1 is 1.16 bits per heavy atom. The van der Waals surface area contributed by atoms with Crippen molar-refractivity contribution in [3.8, 4) is 0 Å². The Bertz CT molecular complexity index is 489. The number of hydrogen-bond donors (Lipinski definition) is 2. The normalized spacial score (nSPS) is 29.4. The lowest BCUT2D eigenvalue weighted by Gasteiger charge is -2.15. The second-order valence-electron chi connectivity index (χ2n) is 5.47. The molecule has 2 aliphatic carbocycles. The van der Waals surface area contributed by atoms with Crippen LogP contribution in [0.15, 0.2) is 30.3 Å². The second kappa shape index (κ2) is 4.68. The van der Waals surface area contributed by atoms with Crippen LogP contribution in [0.2, 0.25) is 0 Å². The summed E-state index contributed by atoms with van der Waals surface area (Å²) in [5, 5.41) is 12.0. The first-order valence-electron chi connectivity index (χ1n) is 6.76. The van der Waals surface area contributed by atoms with Crippen LogP contribution in [-0.2, 0) is 9.59 Å². The highest BCUT2D eigenvalue weighted by atomic mass is 16.4. The van der Waals surface area contributed by atoms with Crippen molar-refractivity contribution in [2.24, 2.45) is 17.8 Å². The van der Waals surface area contributed by atoms with Gasteiger partial charge in [0, 0.05) is 5.92 Å². The molecule has 100 valence electrons. The molecule has 0 saturated heterocycles. The second-order valence-corrected chi connectivity index (χ2v) is 5.47. The summed E-state index contributed by atoms with van der Waals surface area (Å²) in [6.07, 6.45) is 3.44. The predicted molar refractivity (Wildman–Crippen MR) is 69.3 cm³/mol. The summed E-state index contributed by atoms with van der Waals surface area (Å²) in [4.78, 5) is 23.4. The van der Waals surface area contributed by atoms with Crippen molar-refractivity contribution in [2.75, 3.05) is 0 Å². The van der Waals surface area contributed by atoms with Crippen molar-refractivity contribution in [3.63, 3.8) is 0 Å². The van der Waals surface area contributed by atoms with Gasteiger partial charge in [0.05, 0.1) is 0 Å². The summed E-state index contributed by atoms with van der Waals surface area (Å²) in [7, 11) is 0. The average Bonchev–Trinajstić information content (AvgIpc) is 2.90. The predicted octanol–water partition coefficient (Wildman–Crippen LogP) is 1.97. The van der Waals surface area contributed by atoms with Crippen molar-refractivity contribution < 1.29 is 14.7 Å². The van der Waals surface area contributed by atoms with Gasteiger partial charge in [0.2, 0.25) is 5.91 Å². The highest BCUT2D eigenvalue weighted by Gasteiger charge is 2.56. The molecular formula is C15H17NO3. The van der Waals surface area contributed by atoms with Gasteiger partial charge in [-0.3, -0.25) is 4.79 Å². The van der Waals surface area contributed by atoms with E-state index in [1.807, 2.05) is 6.07 Å². The number of benzene rings is 1. The molecule has 3 rings (SSSR count). The zero-order valence-electron chi connectivity index (χ0n) is 10.6. The Labute approximate surface area is 111 Å². The van der Waals surface area contributed by atoms with Crippen LogP contribution in [0.1, 0.15) is 30.9 Å². The number of carboxylic acids is 1. The summed E-state index contributed by atoms with van der Waals surface area (Å²) in [5.41, 5.74) is 0.620. The quantitative estimate of drug-likeness (QED) is 0.868. The van der Waals surface area contributed by atoms with Gasteiger partial charge in [-0.05, 0) is 30.2 Å². The van der Waals surface area contributed by atoms with Crippen molar-refractivity contribution >= 4 is 11.9 Å². The lowest BCUT2D eigenvalue weighted by atomic mass is 10.1. The standard InChI is InChI=1S/C15H17NO3/c17-14(12-10-7-4-8-11(10)12)16-13(15(18)19)9-5-2-1-3-6-9/h1-3,5-6,10-13H,4,7-8H2,(H,16,17)(H,18,19)/t10?,11?,12?,13-/m0/s1. The molecule has 1 aromatic carbocycles. The first kappa shape index (κ1) is 12.2. The van der Waals surface area contributed by atoms with Gasteiger partial charge in [0.25, 0.3) is 0 Å². The molecule has 0 aliphatic heterocycles. The number of hydrogen-bond acceptors (Lipinski definition) is 2. The number of carbonyl (C=O) groups excluding carboxylic acids is 1. The van der Waals surface area contributed by atoms with E-state index in [-0.39, 0.29) is 11.8 Å². The molecule has 0 aromatic heterocycles. The summed E-state index contributed by atoms with van der Waals surface area (Å²) in [5.74, 6) is -0.0361. The number of carbonyl (C=O) groups is 2. The fourth-order valence-electron chi connectivity index (χ4n) is 3.38. The molecule has 1 aromatic rings. The van der Waals surface area contributed by atoms with Gasteiger partial charge in [-0.15, -0.1) is 0 Å². The molecule has 3 atom stereocenters. The van der Waals surface area contributed by atoms with E-state index in [0.717, 1.165) is 12.8 Å². The van der Waals surface area contributed by atoms with Gasteiger partial charge in [0.15, 0.2) is 6.04 Å². The number of fused-ring (bicyclic) bond motifs is 1. The zero-order valence-corrected chi connectivity index (χ0v) is 10.6. The molecule has 0 radical (unpaired) electrons. The van der Waals surface area contributed by atoms with Gasteiger partial charge >= 0.3 is 5.97 Å². The van der Waals surface area contributed by atoms with E-state index < -0.39 is 12.0 Å². The molecule has 2 fully saturated rings. The van der Waals surface area contributed by atoms with Gasteiger partial charge in [-0.25, -0.2) is 4.79 Å². The topological polar surface area (TPSA) is 66.4 Å². The first-order valence-corrected chi connectivity index (χ1v) is 6.76. The van der Waals surface area contributed by atoms with Gasteiger partial charge < -0.3 is 10.4 Å². The third kappa shape index (κ3) is 2.23. The molecule has 19 heavy (non-hydrogen) atoms. The van der Waals surface area contributed by atoms with Crippen molar-refractivity contribution in [1.29, 1.82) is 0 Å². The third-order valence-electron chi connectivity index (χ3n) is 4.38. The largest absolute Gasteiger partial charge is 0.479 e. The fourth-order valence-corrected chi connectivity index (χ4v) is 3.38. The molecule has 0 heterocycles. The van der Waals surface area contributed by atoms with E-state index in [0.29, 0.717) is 17.4 Å². The lowest BCUT2D eigenvalue weighted by Crippen LogP contribution is -2.35. The molecule has 0 bridgehead atoms. The van der Waals surface area contributed by atoms with Crippen molar-refractivity contribution in [1.82, 2.24) is 5.32 Å².